The molecule has 0 aliphatic carbocycles. The van der Waals surface area contributed by atoms with Crippen molar-refractivity contribution >= 4 is 0 Å². The van der Waals surface area contributed by atoms with Crippen molar-refractivity contribution in [1.29, 1.82) is 0 Å². The lowest BCUT2D eigenvalue weighted by Crippen LogP contribution is -2.30. The molecule has 0 aromatic carbocycles. The molecule has 0 aliphatic heterocycles. The van der Waals surface area contributed by atoms with E-state index in [1.165, 1.54) is 19.3 Å². The normalized spacial score (nSPS) is 12.9. The molecule has 4 heteroatoms. The van der Waals surface area contributed by atoms with Crippen LogP contribution < -0.4 is 5.32 Å². The van der Waals surface area contributed by atoms with E-state index in [1.807, 2.05) is 0 Å². The number of hydrogen-bond donors (Lipinski definition) is 1. The van der Waals surface area contributed by atoms with Crippen molar-refractivity contribution in [3.63, 3.8) is 0 Å². The SMILES string of the molecule is CCCC(CC)NCCc1nncn1CC. The maximum absolute atomic E-state index is 4.13. The van der Waals surface area contributed by atoms with Crippen LogP contribution in [-0.2, 0) is 13.0 Å². The number of nitrogens with one attached hydrogen (secondary N) is 1. The second-order valence-electron chi connectivity index (χ2n) is 4.13. The average molecular weight is 224 g/mol. The quantitative estimate of drug-likeness (QED) is 0.734. The van der Waals surface area contributed by atoms with Crippen molar-refractivity contribution < 1.29 is 0 Å². The van der Waals surface area contributed by atoms with E-state index >= 15 is 0 Å². The zero-order valence-electron chi connectivity index (χ0n) is 10.7. The predicted octanol–water partition coefficient (Wildman–Crippen LogP) is 2.01. The zero-order valence-corrected chi connectivity index (χ0v) is 10.7. The van der Waals surface area contributed by atoms with Crippen LogP contribution in [-0.4, -0.2) is 27.4 Å². The fraction of sp³-hybridized carbons (Fsp3) is 0.833. The lowest BCUT2D eigenvalue weighted by molar-refractivity contribution is 0.461. The van der Waals surface area contributed by atoms with Crippen LogP contribution in [0.15, 0.2) is 6.33 Å². The van der Waals surface area contributed by atoms with E-state index in [1.54, 1.807) is 6.33 Å². The minimum Gasteiger partial charge on any atom is -0.318 e. The lowest BCUT2D eigenvalue weighted by atomic mass is 10.1. The summed E-state index contributed by atoms with van der Waals surface area (Å²) in [5, 5.41) is 11.6. The topological polar surface area (TPSA) is 42.7 Å². The third-order valence-corrected chi connectivity index (χ3v) is 2.95. The standard InChI is InChI=1S/C12H24N4/c1-4-7-11(5-2)13-9-8-12-15-14-10-16(12)6-3/h10-11,13H,4-9H2,1-3H3. The van der Waals surface area contributed by atoms with Gasteiger partial charge >= 0.3 is 0 Å². The molecular weight excluding hydrogens is 200 g/mol. The number of rotatable bonds is 8. The molecule has 0 saturated heterocycles. The van der Waals surface area contributed by atoms with Gasteiger partial charge in [-0.15, -0.1) is 10.2 Å². The molecule has 1 unspecified atom stereocenters. The zero-order chi connectivity index (χ0) is 11.8. The molecule has 1 rings (SSSR count). The Balaban J connectivity index is 2.29. The number of nitrogens with zero attached hydrogens (tertiary/aromatic N) is 3. The van der Waals surface area contributed by atoms with Crippen molar-refractivity contribution in [1.82, 2.24) is 20.1 Å². The summed E-state index contributed by atoms with van der Waals surface area (Å²) in [6.07, 6.45) is 6.48. The molecule has 0 fully saturated rings. The van der Waals surface area contributed by atoms with Gasteiger partial charge in [-0.05, 0) is 19.8 Å². The van der Waals surface area contributed by atoms with E-state index in [4.69, 9.17) is 0 Å². The van der Waals surface area contributed by atoms with Crippen LogP contribution in [0, 0.1) is 0 Å². The van der Waals surface area contributed by atoms with Gasteiger partial charge in [-0.1, -0.05) is 20.3 Å². The molecule has 16 heavy (non-hydrogen) atoms. The molecule has 1 N–H and O–H groups in total. The monoisotopic (exact) mass is 224 g/mol. The first kappa shape index (κ1) is 13.2. The Labute approximate surface area is 98.5 Å². The maximum atomic E-state index is 4.13. The van der Waals surface area contributed by atoms with Crippen LogP contribution >= 0.6 is 0 Å². The van der Waals surface area contributed by atoms with Crippen molar-refractivity contribution in [2.45, 2.75) is 59.0 Å². The van der Waals surface area contributed by atoms with E-state index in [2.05, 4.69) is 40.9 Å². The summed E-state index contributed by atoms with van der Waals surface area (Å²) in [6.45, 7) is 8.54. The van der Waals surface area contributed by atoms with Gasteiger partial charge in [0, 0.05) is 25.6 Å². The molecule has 1 atom stereocenters. The van der Waals surface area contributed by atoms with Crippen LogP contribution in [0.2, 0.25) is 0 Å². The Kier molecular flexibility index (Phi) is 6.08. The molecular formula is C12H24N4. The Bertz CT molecular complexity index is 282. The summed E-state index contributed by atoms with van der Waals surface area (Å²) >= 11 is 0. The third-order valence-electron chi connectivity index (χ3n) is 2.95. The van der Waals surface area contributed by atoms with Crippen molar-refractivity contribution in [3.05, 3.63) is 12.2 Å². The second kappa shape index (κ2) is 7.39. The van der Waals surface area contributed by atoms with Gasteiger partial charge in [-0.3, -0.25) is 0 Å². The molecule has 0 radical (unpaired) electrons. The molecule has 1 aromatic heterocycles. The summed E-state index contributed by atoms with van der Waals surface area (Å²) < 4.78 is 2.10. The Morgan fingerprint density at radius 2 is 2.19 bits per heavy atom. The van der Waals surface area contributed by atoms with Crippen LogP contribution in [0.1, 0.15) is 45.9 Å². The highest BCUT2D eigenvalue weighted by Crippen LogP contribution is 2.01. The van der Waals surface area contributed by atoms with Gasteiger partial charge in [0.05, 0.1) is 0 Å². The molecule has 0 saturated carbocycles. The number of aromatic nitrogens is 3. The number of aryl methyl sites for hydroxylation is 1. The molecule has 0 bridgehead atoms. The van der Waals surface area contributed by atoms with Gasteiger partial charge in [-0.2, -0.15) is 0 Å². The molecule has 92 valence electrons. The molecule has 1 aromatic rings. The van der Waals surface area contributed by atoms with Gasteiger partial charge in [-0.25, -0.2) is 0 Å². The number of hydrogen-bond acceptors (Lipinski definition) is 3. The maximum Gasteiger partial charge on any atom is 0.134 e. The van der Waals surface area contributed by atoms with Crippen molar-refractivity contribution in [2.75, 3.05) is 6.54 Å². The third kappa shape index (κ3) is 3.93. The van der Waals surface area contributed by atoms with Crippen LogP contribution in [0.3, 0.4) is 0 Å². The Morgan fingerprint density at radius 1 is 1.38 bits per heavy atom. The molecule has 0 amide bonds. The van der Waals surface area contributed by atoms with Crippen molar-refractivity contribution in [2.24, 2.45) is 0 Å². The van der Waals surface area contributed by atoms with Crippen LogP contribution in [0.5, 0.6) is 0 Å². The highest BCUT2D eigenvalue weighted by molar-refractivity contribution is 4.86. The summed E-state index contributed by atoms with van der Waals surface area (Å²) in [5.41, 5.74) is 0. The summed E-state index contributed by atoms with van der Waals surface area (Å²) in [4.78, 5) is 0. The highest BCUT2D eigenvalue weighted by Gasteiger charge is 2.06. The molecule has 4 nitrogen and oxygen atoms in total. The smallest absolute Gasteiger partial charge is 0.134 e. The Hall–Kier alpha value is -0.900. The lowest BCUT2D eigenvalue weighted by Gasteiger charge is -2.15. The molecule has 1 heterocycles. The van der Waals surface area contributed by atoms with E-state index < -0.39 is 0 Å². The fourth-order valence-corrected chi connectivity index (χ4v) is 1.92. The van der Waals surface area contributed by atoms with Crippen molar-refractivity contribution in [3.8, 4) is 0 Å². The van der Waals surface area contributed by atoms with Crippen LogP contribution in [0.4, 0.5) is 0 Å². The van der Waals surface area contributed by atoms with Gasteiger partial charge in [0.2, 0.25) is 0 Å². The van der Waals surface area contributed by atoms with E-state index in [0.29, 0.717) is 6.04 Å². The largest absolute Gasteiger partial charge is 0.318 e. The highest BCUT2D eigenvalue weighted by atomic mass is 15.3. The van der Waals surface area contributed by atoms with Gasteiger partial charge < -0.3 is 9.88 Å². The summed E-state index contributed by atoms with van der Waals surface area (Å²) in [6, 6.07) is 0.656. The average Bonchev–Trinajstić information content (AvgIpc) is 2.75. The van der Waals surface area contributed by atoms with E-state index in [9.17, 15) is 0 Å². The first-order chi connectivity index (χ1) is 7.81. The Morgan fingerprint density at radius 3 is 2.81 bits per heavy atom. The first-order valence-electron chi connectivity index (χ1n) is 6.41. The minimum absolute atomic E-state index is 0.656. The van der Waals surface area contributed by atoms with Crippen LogP contribution in [0.25, 0.3) is 0 Å². The van der Waals surface area contributed by atoms with Gasteiger partial charge in [0.15, 0.2) is 0 Å². The summed E-state index contributed by atoms with van der Waals surface area (Å²) in [7, 11) is 0. The van der Waals surface area contributed by atoms with E-state index in [-0.39, 0.29) is 0 Å². The van der Waals surface area contributed by atoms with E-state index in [0.717, 1.165) is 25.3 Å². The minimum atomic E-state index is 0.656. The predicted molar refractivity (Wildman–Crippen MR) is 66.4 cm³/mol. The first-order valence-corrected chi connectivity index (χ1v) is 6.41. The molecule has 0 aliphatic rings. The molecule has 0 spiro atoms. The second-order valence-corrected chi connectivity index (χ2v) is 4.13. The van der Waals surface area contributed by atoms with Gasteiger partial charge in [0.1, 0.15) is 12.2 Å². The summed E-state index contributed by atoms with van der Waals surface area (Å²) in [5.74, 6) is 1.08. The fourth-order valence-electron chi connectivity index (χ4n) is 1.92. The van der Waals surface area contributed by atoms with Gasteiger partial charge in [0.25, 0.3) is 0 Å².